The summed E-state index contributed by atoms with van der Waals surface area (Å²) in [5.74, 6) is 1.03. The van der Waals surface area contributed by atoms with Crippen LogP contribution in [0.4, 0.5) is 0 Å². The van der Waals surface area contributed by atoms with Gasteiger partial charge in [-0.1, -0.05) is 24.3 Å². The lowest BCUT2D eigenvalue weighted by Crippen LogP contribution is -2.16. The van der Waals surface area contributed by atoms with E-state index in [1.165, 1.54) is 0 Å². The van der Waals surface area contributed by atoms with E-state index in [1.807, 2.05) is 36.4 Å². The van der Waals surface area contributed by atoms with E-state index in [0.29, 0.717) is 6.42 Å². The summed E-state index contributed by atoms with van der Waals surface area (Å²) in [6, 6.07) is 14.8. The predicted octanol–water partition coefficient (Wildman–Crippen LogP) is 4.26. The fourth-order valence-corrected chi connectivity index (χ4v) is 3.54. The van der Waals surface area contributed by atoms with Crippen LogP contribution >= 0.6 is 23.2 Å². The van der Waals surface area contributed by atoms with Gasteiger partial charge in [0.15, 0.2) is 0 Å². The highest BCUT2D eigenvalue weighted by atomic mass is 35.5. The monoisotopic (exact) mass is 308 g/mol. The van der Waals surface area contributed by atoms with Crippen LogP contribution in [0.15, 0.2) is 48.5 Å². The minimum Gasteiger partial charge on any atom is -0.508 e. The summed E-state index contributed by atoms with van der Waals surface area (Å²) in [4.78, 5) is 0. The Bertz CT molecular complexity index is 620. The maximum Gasteiger partial charge on any atom is 0.133 e. The van der Waals surface area contributed by atoms with Crippen molar-refractivity contribution in [2.24, 2.45) is 0 Å². The lowest BCUT2D eigenvalue weighted by molar-refractivity contribution is 0.414. The smallest absolute Gasteiger partial charge is 0.133 e. The van der Waals surface area contributed by atoms with Gasteiger partial charge in [-0.2, -0.15) is 0 Å². The molecule has 0 heterocycles. The van der Waals surface area contributed by atoms with Crippen LogP contribution in [0.1, 0.15) is 17.5 Å². The van der Waals surface area contributed by atoms with Gasteiger partial charge < -0.3 is 9.84 Å². The van der Waals surface area contributed by atoms with Gasteiger partial charge in [0.05, 0.1) is 12.5 Å². The molecule has 1 N–H and O–H groups in total. The molecule has 1 atom stereocenters. The van der Waals surface area contributed by atoms with Crippen LogP contribution in [-0.4, -0.2) is 16.5 Å². The second-order valence-electron chi connectivity index (χ2n) is 5.06. The Morgan fingerprint density at radius 3 is 1.80 bits per heavy atom. The average Bonchev–Trinajstić information content (AvgIpc) is 3.04. The van der Waals surface area contributed by atoms with Gasteiger partial charge in [0.25, 0.3) is 0 Å². The van der Waals surface area contributed by atoms with Crippen LogP contribution < -0.4 is 4.74 Å². The fraction of sp³-hybridized carbons (Fsp3) is 0.250. The van der Waals surface area contributed by atoms with E-state index in [0.717, 1.165) is 16.9 Å². The number of halogens is 2. The van der Waals surface area contributed by atoms with Crippen molar-refractivity contribution in [2.75, 3.05) is 7.11 Å². The molecule has 0 saturated heterocycles. The zero-order valence-corrected chi connectivity index (χ0v) is 12.4. The van der Waals surface area contributed by atoms with Crippen molar-refractivity contribution in [1.82, 2.24) is 0 Å². The van der Waals surface area contributed by atoms with E-state index in [4.69, 9.17) is 27.9 Å². The number of hydrogen-bond acceptors (Lipinski definition) is 2. The van der Waals surface area contributed by atoms with Gasteiger partial charge in [0.2, 0.25) is 0 Å². The number of phenolic OH excluding ortho intramolecular Hbond substituents is 1. The SMILES string of the molecule is COc1ccc(C2(c3ccc(O)cc3)CC2(Cl)Cl)cc1. The number of alkyl halides is 2. The first-order chi connectivity index (χ1) is 9.49. The second-order valence-corrected chi connectivity index (χ2v) is 6.55. The number of benzene rings is 2. The maximum absolute atomic E-state index is 9.43. The summed E-state index contributed by atoms with van der Waals surface area (Å²) in [6.45, 7) is 0. The lowest BCUT2D eigenvalue weighted by atomic mass is 9.88. The van der Waals surface area contributed by atoms with Crippen molar-refractivity contribution in [3.63, 3.8) is 0 Å². The molecule has 2 nitrogen and oxygen atoms in total. The molecule has 3 rings (SSSR count). The van der Waals surface area contributed by atoms with Crippen molar-refractivity contribution in [2.45, 2.75) is 16.2 Å². The molecule has 1 aliphatic rings. The van der Waals surface area contributed by atoms with Crippen molar-refractivity contribution in [3.8, 4) is 11.5 Å². The molecule has 2 aromatic rings. The summed E-state index contributed by atoms with van der Waals surface area (Å²) < 4.78 is 4.36. The molecule has 0 bridgehead atoms. The Labute approximate surface area is 127 Å². The van der Waals surface area contributed by atoms with Gasteiger partial charge in [0.1, 0.15) is 15.8 Å². The third-order valence-corrected chi connectivity index (χ3v) is 4.84. The fourth-order valence-electron chi connectivity index (χ4n) is 2.70. The van der Waals surface area contributed by atoms with Crippen molar-refractivity contribution in [3.05, 3.63) is 59.7 Å². The summed E-state index contributed by atoms with van der Waals surface area (Å²) in [7, 11) is 1.63. The Hall–Kier alpha value is -1.38. The van der Waals surface area contributed by atoms with Gasteiger partial charge in [-0.05, 0) is 41.8 Å². The Morgan fingerprint density at radius 2 is 1.40 bits per heavy atom. The van der Waals surface area contributed by atoms with Gasteiger partial charge in [-0.25, -0.2) is 0 Å². The quantitative estimate of drug-likeness (QED) is 0.858. The molecule has 0 aromatic heterocycles. The van der Waals surface area contributed by atoms with Gasteiger partial charge >= 0.3 is 0 Å². The third-order valence-electron chi connectivity index (χ3n) is 3.93. The molecule has 0 amide bonds. The van der Waals surface area contributed by atoms with Gasteiger partial charge in [-0.15, -0.1) is 23.2 Å². The van der Waals surface area contributed by atoms with Crippen LogP contribution in [-0.2, 0) is 5.41 Å². The molecule has 20 heavy (non-hydrogen) atoms. The Balaban J connectivity index is 2.07. The number of phenols is 1. The molecule has 1 saturated carbocycles. The van der Waals surface area contributed by atoms with E-state index < -0.39 is 9.75 Å². The summed E-state index contributed by atoms with van der Waals surface area (Å²) >= 11 is 12.8. The molecule has 0 radical (unpaired) electrons. The largest absolute Gasteiger partial charge is 0.508 e. The van der Waals surface area contributed by atoms with E-state index in [-0.39, 0.29) is 5.75 Å². The van der Waals surface area contributed by atoms with Crippen LogP contribution in [0.5, 0.6) is 11.5 Å². The first kappa shape index (κ1) is 13.6. The number of aromatic hydroxyl groups is 1. The van der Waals surface area contributed by atoms with Crippen LogP contribution in [0.2, 0.25) is 0 Å². The maximum atomic E-state index is 9.43. The Kier molecular flexibility index (Phi) is 3.11. The second kappa shape index (κ2) is 4.57. The van der Waals surface area contributed by atoms with Gasteiger partial charge in [-0.3, -0.25) is 0 Å². The van der Waals surface area contributed by atoms with Crippen molar-refractivity contribution < 1.29 is 9.84 Å². The van der Waals surface area contributed by atoms with E-state index in [9.17, 15) is 5.11 Å². The van der Waals surface area contributed by atoms with Crippen molar-refractivity contribution in [1.29, 1.82) is 0 Å². The molecule has 2 aromatic carbocycles. The molecular weight excluding hydrogens is 295 g/mol. The first-order valence-electron chi connectivity index (χ1n) is 6.31. The molecule has 1 unspecified atom stereocenters. The zero-order valence-electron chi connectivity index (χ0n) is 10.9. The van der Waals surface area contributed by atoms with Crippen molar-refractivity contribution >= 4 is 23.2 Å². The molecule has 1 fully saturated rings. The minimum atomic E-state index is -0.821. The lowest BCUT2D eigenvalue weighted by Gasteiger charge is -2.20. The van der Waals surface area contributed by atoms with Crippen LogP contribution in [0, 0.1) is 0 Å². The third kappa shape index (κ3) is 1.95. The molecule has 4 heteroatoms. The van der Waals surface area contributed by atoms with E-state index >= 15 is 0 Å². The normalized spacial score (nSPS) is 23.4. The molecular formula is C16H14Cl2O2. The van der Waals surface area contributed by atoms with E-state index in [2.05, 4.69) is 0 Å². The summed E-state index contributed by atoms with van der Waals surface area (Å²) in [5, 5.41) is 9.43. The minimum absolute atomic E-state index is 0.231. The highest BCUT2D eigenvalue weighted by Gasteiger charge is 2.68. The molecule has 0 spiro atoms. The number of rotatable bonds is 3. The first-order valence-corrected chi connectivity index (χ1v) is 7.07. The highest BCUT2D eigenvalue weighted by Crippen LogP contribution is 2.68. The average molecular weight is 309 g/mol. The van der Waals surface area contributed by atoms with Crippen LogP contribution in [0.25, 0.3) is 0 Å². The van der Waals surface area contributed by atoms with Crippen LogP contribution in [0.3, 0.4) is 0 Å². The Morgan fingerprint density at radius 1 is 0.950 bits per heavy atom. The highest BCUT2D eigenvalue weighted by molar-refractivity contribution is 6.52. The zero-order chi connectivity index (χ0) is 14.4. The van der Waals surface area contributed by atoms with E-state index in [1.54, 1.807) is 19.2 Å². The number of ether oxygens (including phenoxy) is 1. The number of methoxy groups -OCH3 is 1. The number of hydrogen-bond donors (Lipinski definition) is 1. The predicted molar refractivity (Wildman–Crippen MR) is 80.9 cm³/mol. The van der Waals surface area contributed by atoms with Gasteiger partial charge in [0, 0.05) is 0 Å². The molecule has 0 aliphatic heterocycles. The molecule has 1 aliphatic carbocycles. The topological polar surface area (TPSA) is 29.5 Å². The molecule has 104 valence electrons. The summed E-state index contributed by atoms with van der Waals surface area (Å²) in [5.41, 5.74) is 1.63. The standard InChI is InChI=1S/C16H14Cl2O2/c1-20-14-8-4-12(5-9-14)15(10-16(15,17)18)11-2-6-13(19)7-3-11/h2-9,19H,10H2,1H3. The summed E-state index contributed by atoms with van der Waals surface area (Å²) in [6.07, 6.45) is 0.653.